The molecule has 0 aromatic carbocycles. The summed E-state index contributed by atoms with van der Waals surface area (Å²) in [4.78, 5) is 26.4. The molecule has 5 nitrogen and oxygen atoms in total. The highest BCUT2D eigenvalue weighted by atomic mass is 16.2. The average molecular weight is 295 g/mol. The van der Waals surface area contributed by atoms with E-state index in [2.05, 4.69) is 29.4 Å². The van der Waals surface area contributed by atoms with E-state index in [4.69, 9.17) is 0 Å². The zero-order valence-corrected chi connectivity index (χ0v) is 13.4. The normalized spacial score (nSPS) is 30.8. The van der Waals surface area contributed by atoms with Crippen molar-refractivity contribution in [3.05, 3.63) is 0 Å². The highest BCUT2D eigenvalue weighted by Gasteiger charge is 2.31. The fraction of sp³-hybridized carbons (Fsp3) is 0.875. The van der Waals surface area contributed by atoms with E-state index in [-0.39, 0.29) is 24.3 Å². The highest BCUT2D eigenvalue weighted by Crippen LogP contribution is 2.23. The lowest BCUT2D eigenvalue weighted by atomic mass is 9.87. The summed E-state index contributed by atoms with van der Waals surface area (Å²) in [6.07, 6.45) is 5.90. The Morgan fingerprint density at radius 2 is 2.24 bits per heavy atom. The smallest absolute Gasteiger partial charge is 0.237 e. The average Bonchev–Trinajstić information content (AvgIpc) is 2.43. The van der Waals surface area contributed by atoms with Crippen molar-refractivity contribution in [2.45, 2.75) is 64.5 Å². The number of amides is 2. The van der Waals surface area contributed by atoms with Crippen LogP contribution in [0.1, 0.15) is 52.4 Å². The van der Waals surface area contributed by atoms with Crippen LogP contribution in [0.25, 0.3) is 0 Å². The third-order valence-electron chi connectivity index (χ3n) is 4.63. The lowest BCUT2D eigenvalue weighted by Crippen LogP contribution is -2.57. The first-order valence-electron chi connectivity index (χ1n) is 8.41. The second-order valence-electron chi connectivity index (χ2n) is 6.58. The predicted octanol–water partition coefficient (Wildman–Crippen LogP) is 1.28. The van der Waals surface area contributed by atoms with Crippen molar-refractivity contribution in [3.8, 4) is 0 Å². The Morgan fingerprint density at radius 3 is 2.95 bits per heavy atom. The van der Waals surface area contributed by atoms with Crippen molar-refractivity contribution in [1.82, 2.24) is 15.5 Å². The van der Waals surface area contributed by atoms with Crippen LogP contribution in [-0.4, -0.2) is 48.4 Å². The lowest BCUT2D eigenvalue weighted by molar-refractivity contribution is -0.134. The molecule has 0 aromatic rings. The summed E-state index contributed by atoms with van der Waals surface area (Å²) in [5, 5.41) is 6.01. The molecule has 1 saturated heterocycles. The van der Waals surface area contributed by atoms with Crippen LogP contribution in [0.15, 0.2) is 0 Å². The molecule has 2 fully saturated rings. The quantitative estimate of drug-likeness (QED) is 0.803. The minimum absolute atomic E-state index is 0.00172. The van der Waals surface area contributed by atoms with Gasteiger partial charge in [-0.1, -0.05) is 26.7 Å². The van der Waals surface area contributed by atoms with Crippen LogP contribution in [0.2, 0.25) is 0 Å². The van der Waals surface area contributed by atoms with Gasteiger partial charge in [0.15, 0.2) is 0 Å². The summed E-state index contributed by atoms with van der Waals surface area (Å²) >= 11 is 0. The lowest BCUT2D eigenvalue weighted by Gasteiger charge is -2.35. The molecule has 2 amide bonds. The summed E-state index contributed by atoms with van der Waals surface area (Å²) in [5.41, 5.74) is 0. The van der Waals surface area contributed by atoms with Gasteiger partial charge in [0.1, 0.15) is 0 Å². The first kappa shape index (κ1) is 16.3. The second-order valence-corrected chi connectivity index (χ2v) is 6.58. The molecule has 120 valence electrons. The van der Waals surface area contributed by atoms with Gasteiger partial charge in [-0.15, -0.1) is 0 Å². The van der Waals surface area contributed by atoms with Crippen molar-refractivity contribution >= 4 is 11.8 Å². The molecule has 0 radical (unpaired) electrons. The van der Waals surface area contributed by atoms with E-state index in [1.54, 1.807) is 0 Å². The van der Waals surface area contributed by atoms with Crippen molar-refractivity contribution in [2.24, 2.45) is 5.92 Å². The number of nitrogens with zero attached hydrogens (tertiary/aromatic N) is 1. The van der Waals surface area contributed by atoms with E-state index < -0.39 is 0 Å². The molecule has 2 aliphatic rings. The number of hydrogen-bond acceptors (Lipinski definition) is 3. The molecular formula is C16H29N3O2. The summed E-state index contributed by atoms with van der Waals surface area (Å²) in [5.74, 6) is 0.720. The molecule has 3 unspecified atom stereocenters. The van der Waals surface area contributed by atoms with Gasteiger partial charge >= 0.3 is 0 Å². The zero-order chi connectivity index (χ0) is 15.2. The molecule has 1 heterocycles. The van der Waals surface area contributed by atoms with Gasteiger partial charge < -0.3 is 10.6 Å². The van der Waals surface area contributed by atoms with Gasteiger partial charge in [-0.25, -0.2) is 0 Å². The van der Waals surface area contributed by atoms with Crippen molar-refractivity contribution in [1.29, 1.82) is 0 Å². The maximum Gasteiger partial charge on any atom is 0.237 e. The Labute approximate surface area is 127 Å². The van der Waals surface area contributed by atoms with Gasteiger partial charge in [-0.05, 0) is 31.7 Å². The molecule has 0 bridgehead atoms. The minimum Gasteiger partial charge on any atom is -0.353 e. The van der Waals surface area contributed by atoms with Crippen LogP contribution in [0.3, 0.4) is 0 Å². The molecule has 1 aliphatic heterocycles. The SMILES string of the molecule is CCCN1CCNC(=O)C1CC(=O)NC1CCCC(C)C1. The van der Waals surface area contributed by atoms with Crippen LogP contribution in [0.5, 0.6) is 0 Å². The summed E-state index contributed by atoms with van der Waals surface area (Å²) in [6, 6.07) is 0.00670. The monoisotopic (exact) mass is 295 g/mol. The largest absolute Gasteiger partial charge is 0.353 e. The number of piperazine rings is 1. The van der Waals surface area contributed by atoms with Crippen molar-refractivity contribution < 1.29 is 9.59 Å². The van der Waals surface area contributed by atoms with Crippen LogP contribution < -0.4 is 10.6 Å². The Hall–Kier alpha value is -1.10. The van der Waals surface area contributed by atoms with Gasteiger partial charge in [0.05, 0.1) is 12.5 Å². The molecule has 1 aliphatic carbocycles. The maximum atomic E-state index is 12.3. The van der Waals surface area contributed by atoms with Gasteiger partial charge in [0.2, 0.25) is 11.8 Å². The van der Waals surface area contributed by atoms with E-state index in [9.17, 15) is 9.59 Å². The summed E-state index contributed by atoms with van der Waals surface area (Å²) in [7, 11) is 0. The van der Waals surface area contributed by atoms with E-state index in [0.717, 1.165) is 32.4 Å². The third-order valence-corrected chi connectivity index (χ3v) is 4.63. The molecule has 0 aromatic heterocycles. The molecule has 2 rings (SSSR count). The fourth-order valence-corrected chi connectivity index (χ4v) is 3.57. The number of hydrogen-bond donors (Lipinski definition) is 2. The van der Waals surface area contributed by atoms with E-state index in [1.807, 2.05) is 0 Å². The van der Waals surface area contributed by atoms with Crippen LogP contribution in [0.4, 0.5) is 0 Å². The Morgan fingerprint density at radius 1 is 1.43 bits per heavy atom. The van der Waals surface area contributed by atoms with E-state index in [0.29, 0.717) is 18.5 Å². The topological polar surface area (TPSA) is 61.4 Å². The van der Waals surface area contributed by atoms with Gasteiger partial charge in [-0.3, -0.25) is 14.5 Å². The Kier molecular flexibility index (Phi) is 6.03. The van der Waals surface area contributed by atoms with Gasteiger partial charge in [-0.2, -0.15) is 0 Å². The highest BCUT2D eigenvalue weighted by molar-refractivity contribution is 5.88. The number of carbonyl (C=O) groups excluding carboxylic acids is 2. The Balaban J connectivity index is 1.85. The maximum absolute atomic E-state index is 12.3. The zero-order valence-electron chi connectivity index (χ0n) is 13.4. The molecule has 3 atom stereocenters. The van der Waals surface area contributed by atoms with Crippen LogP contribution in [0, 0.1) is 5.92 Å². The van der Waals surface area contributed by atoms with Crippen molar-refractivity contribution in [3.63, 3.8) is 0 Å². The summed E-state index contributed by atoms with van der Waals surface area (Å²) in [6.45, 7) is 6.77. The number of carbonyl (C=O) groups is 2. The van der Waals surface area contributed by atoms with Crippen LogP contribution in [-0.2, 0) is 9.59 Å². The molecule has 21 heavy (non-hydrogen) atoms. The first-order valence-corrected chi connectivity index (χ1v) is 8.41. The predicted molar refractivity (Wildman–Crippen MR) is 82.8 cm³/mol. The minimum atomic E-state index is -0.292. The van der Waals surface area contributed by atoms with Crippen LogP contribution >= 0.6 is 0 Å². The molecular weight excluding hydrogens is 266 g/mol. The molecule has 0 spiro atoms. The number of nitrogens with one attached hydrogen (secondary N) is 2. The number of rotatable bonds is 5. The Bertz CT molecular complexity index is 371. The summed E-state index contributed by atoms with van der Waals surface area (Å²) < 4.78 is 0. The second kappa shape index (κ2) is 7.78. The van der Waals surface area contributed by atoms with Gasteiger partial charge in [0, 0.05) is 19.1 Å². The molecule has 2 N–H and O–H groups in total. The molecule has 5 heteroatoms. The first-order chi connectivity index (χ1) is 10.1. The van der Waals surface area contributed by atoms with E-state index >= 15 is 0 Å². The molecule has 1 saturated carbocycles. The third kappa shape index (κ3) is 4.70. The van der Waals surface area contributed by atoms with E-state index in [1.165, 1.54) is 12.8 Å². The van der Waals surface area contributed by atoms with Crippen molar-refractivity contribution in [2.75, 3.05) is 19.6 Å². The van der Waals surface area contributed by atoms with Gasteiger partial charge in [0.25, 0.3) is 0 Å². The standard InChI is InChI=1S/C16H29N3O2/c1-3-8-19-9-7-17-16(21)14(19)11-15(20)18-13-6-4-5-12(2)10-13/h12-14H,3-11H2,1-2H3,(H,17,21)(H,18,20). The fourth-order valence-electron chi connectivity index (χ4n) is 3.57.